The van der Waals surface area contributed by atoms with Crippen molar-refractivity contribution in [1.29, 1.82) is 0 Å². The maximum atomic E-state index is 13.4. The Morgan fingerprint density at radius 1 is 1.03 bits per heavy atom. The van der Waals surface area contributed by atoms with Gasteiger partial charge in [-0.15, -0.1) is 0 Å². The number of Topliss-reactive ketones (excluding diaryl/α,β-unsaturated/α-hetero) is 1. The molecule has 1 amide bonds. The molecule has 4 aromatic rings. The molecule has 1 aliphatic heterocycles. The number of benzene rings is 3. The Hall–Kier alpha value is -3.97. The Kier molecular flexibility index (Phi) is 6.09. The molecule has 2 heterocycles. The molecule has 1 aliphatic rings. The van der Waals surface area contributed by atoms with E-state index in [0.29, 0.717) is 28.6 Å². The lowest BCUT2D eigenvalue weighted by Gasteiger charge is -2.22. The van der Waals surface area contributed by atoms with Gasteiger partial charge in [-0.05, 0) is 60.9 Å². The maximum Gasteiger partial charge on any atom is 0.301 e. The van der Waals surface area contributed by atoms with Crippen LogP contribution in [0.25, 0.3) is 16.0 Å². The summed E-state index contributed by atoms with van der Waals surface area (Å²) in [4.78, 5) is 32.8. The molecule has 1 N–H and O–H groups in total. The van der Waals surface area contributed by atoms with Gasteiger partial charge in [0.2, 0.25) is 0 Å². The molecule has 176 valence electrons. The smallest absolute Gasteiger partial charge is 0.301 e. The van der Waals surface area contributed by atoms with E-state index in [4.69, 9.17) is 4.74 Å². The molecule has 7 heteroatoms. The first-order valence-electron chi connectivity index (χ1n) is 11.5. The van der Waals surface area contributed by atoms with Crippen LogP contribution in [0.3, 0.4) is 0 Å². The molecule has 1 fully saturated rings. The number of carbonyl (C=O) groups is 2. The third-order valence-corrected chi connectivity index (χ3v) is 7.07. The highest BCUT2D eigenvalue weighted by Gasteiger charge is 2.48. The van der Waals surface area contributed by atoms with Gasteiger partial charge in [0.05, 0.1) is 28.4 Å². The SMILES string of the molecule is CCOc1ccc(/C(O)=C2\C(=O)C(=O)N(c3nc4ccc(CC)cc4s3)C2c2ccccc2)cc1. The van der Waals surface area contributed by atoms with Crippen LogP contribution in [0, 0.1) is 0 Å². The van der Waals surface area contributed by atoms with Crippen LogP contribution >= 0.6 is 11.3 Å². The number of anilines is 1. The molecule has 1 saturated heterocycles. The van der Waals surface area contributed by atoms with Crippen molar-refractivity contribution in [3.63, 3.8) is 0 Å². The molecular weight excluding hydrogens is 460 g/mol. The van der Waals surface area contributed by atoms with Crippen molar-refractivity contribution in [1.82, 2.24) is 4.98 Å². The maximum absolute atomic E-state index is 13.4. The first kappa shape index (κ1) is 22.8. The topological polar surface area (TPSA) is 79.7 Å². The predicted octanol–water partition coefficient (Wildman–Crippen LogP) is 5.88. The van der Waals surface area contributed by atoms with Gasteiger partial charge in [0.25, 0.3) is 5.78 Å². The average molecular weight is 485 g/mol. The molecule has 0 aliphatic carbocycles. The summed E-state index contributed by atoms with van der Waals surface area (Å²) in [6, 6.07) is 21.3. The molecule has 1 atom stereocenters. The molecule has 3 aromatic carbocycles. The molecular formula is C28H24N2O4S. The molecule has 5 rings (SSSR count). The quantitative estimate of drug-likeness (QED) is 0.210. The lowest BCUT2D eigenvalue weighted by molar-refractivity contribution is -0.132. The second-order valence-electron chi connectivity index (χ2n) is 8.19. The van der Waals surface area contributed by atoms with Crippen molar-refractivity contribution in [2.75, 3.05) is 11.5 Å². The van der Waals surface area contributed by atoms with Gasteiger partial charge in [-0.1, -0.05) is 54.7 Å². The van der Waals surface area contributed by atoms with Crippen LogP contribution in [0.2, 0.25) is 0 Å². The zero-order valence-electron chi connectivity index (χ0n) is 19.4. The van der Waals surface area contributed by atoms with Gasteiger partial charge in [0.1, 0.15) is 11.5 Å². The fraction of sp³-hybridized carbons (Fsp3) is 0.179. The third kappa shape index (κ3) is 4.08. The van der Waals surface area contributed by atoms with E-state index in [0.717, 1.165) is 16.6 Å². The number of aliphatic hydroxyl groups is 1. The summed E-state index contributed by atoms with van der Waals surface area (Å²) in [5.74, 6) is -1.01. The summed E-state index contributed by atoms with van der Waals surface area (Å²) in [5.41, 5.74) is 3.13. The number of amides is 1. The Labute approximate surface area is 207 Å². The van der Waals surface area contributed by atoms with Crippen molar-refractivity contribution in [3.8, 4) is 5.75 Å². The number of ketones is 1. The number of nitrogens with zero attached hydrogens (tertiary/aromatic N) is 2. The van der Waals surface area contributed by atoms with Crippen LogP contribution in [0.4, 0.5) is 5.13 Å². The van der Waals surface area contributed by atoms with E-state index in [9.17, 15) is 14.7 Å². The summed E-state index contributed by atoms with van der Waals surface area (Å²) in [7, 11) is 0. The zero-order chi connectivity index (χ0) is 24.5. The summed E-state index contributed by atoms with van der Waals surface area (Å²) in [6.45, 7) is 4.49. The van der Waals surface area contributed by atoms with Gasteiger partial charge in [0, 0.05) is 5.56 Å². The number of carbonyl (C=O) groups excluding carboxylic acids is 2. The number of hydrogen-bond acceptors (Lipinski definition) is 6. The highest BCUT2D eigenvalue weighted by molar-refractivity contribution is 7.22. The van der Waals surface area contributed by atoms with E-state index >= 15 is 0 Å². The van der Waals surface area contributed by atoms with E-state index in [1.54, 1.807) is 24.3 Å². The lowest BCUT2D eigenvalue weighted by Crippen LogP contribution is -2.29. The van der Waals surface area contributed by atoms with Gasteiger partial charge in [0.15, 0.2) is 5.13 Å². The van der Waals surface area contributed by atoms with E-state index in [-0.39, 0.29) is 11.3 Å². The zero-order valence-corrected chi connectivity index (χ0v) is 20.2. The Bertz CT molecular complexity index is 1440. The van der Waals surface area contributed by atoms with Crippen molar-refractivity contribution in [2.45, 2.75) is 26.3 Å². The second kappa shape index (κ2) is 9.35. The highest BCUT2D eigenvalue weighted by Crippen LogP contribution is 2.44. The first-order valence-corrected chi connectivity index (χ1v) is 12.3. The molecule has 0 radical (unpaired) electrons. The van der Waals surface area contributed by atoms with Crippen molar-refractivity contribution >= 4 is 44.1 Å². The van der Waals surface area contributed by atoms with Crippen LogP contribution in [0.5, 0.6) is 5.75 Å². The Morgan fingerprint density at radius 3 is 2.46 bits per heavy atom. The number of rotatable bonds is 6. The monoisotopic (exact) mass is 484 g/mol. The van der Waals surface area contributed by atoms with Crippen molar-refractivity contribution in [3.05, 3.63) is 95.1 Å². The fourth-order valence-corrected chi connectivity index (χ4v) is 5.35. The largest absolute Gasteiger partial charge is 0.507 e. The normalized spacial score (nSPS) is 17.3. The van der Waals surface area contributed by atoms with Crippen LogP contribution in [0.15, 0.2) is 78.4 Å². The standard InChI is InChI=1S/C28H24N2O4S/c1-3-17-10-15-21-22(16-17)35-28(29-21)30-24(18-8-6-5-7-9-18)23(26(32)27(30)33)25(31)19-11-13-20(14-12-19)34-4-2/h5-16,24,31H,3-4H2,1-2H3/b25-23+. The number of fused-ring (bicyclic) bond motifs is 1. The molecule has 1 aromatic heterocycles. The molecule has 0 spiro atoms. The molecule has 0 bridgehead atoms. The second-order valence-corrected chi connectivity index (χ2v) is 9.20. The van der Waals surface area contributed by atoms with Crippen LogP contribution in [0.1, 0.15) is 36.6 Å². The predicted molar refractivity (Wildman–Crippen MR) is 138 cm³/mol. The number of hydrogen-bond donors (Lipinski definition) is 1. The van der Waals surface area contributed by atoms with Crippen LogP contribution in [-0.2, 0) is 16.0 Å². The van der Waals surface area contributed by atoms with Gasteiger partial charge in [-0.2, -0.15) is 0 Å². The Balaban J connectivity index is 1.66. The van der Waals surface area contributed by atoms with Crippen LogP contribution in [-0.4, -0.2) is 28.4 Å². The number of aliphatic hydroxyl groups excluding tert-OH is 1. The Morgan fingerprint density at radius 2 is 1.77 bits per heavy atom. The van der Waals surface area contributed by atoms with E-state index in [1.807, 2.05) is 49.4 Å². The summed E-state index contributed by atoms with van der Waals surface area (Å²) < 4.78 is 6.43. The van der Waals surface area contributed by atoms with Gasteiger partial charge < -0.3 is 9.84 Å². The van der Waals surface area contributed by atoms with E-state index in [2.05, 4.69) is 18.0 Å². The lowest BCUT2D eigenvalue weighted by atomic mass is 9.95. The highest BCUT2D eigenvalue weighted by atomic mass is 32.1. The van der Waals surface area contributed by atoms with Crippen molar-refractivity contribution < 1.29 is 19.4 Å². The minimum absolute atomic E-state index is 0.0406. The molecule has 1 unspecified atom stereocenters. The van der Waals surface area contributed by atoms with Gasteiger partial charge in [-0.25, -0.2) is 4.98 Å². The van der Waals surface area contributed by atoms with Crippen LogP contribution < -0.4 is 9.64 Å². The van der Waals surface area contributed by atoms with Gasteiger partial charge in [-0.3, -0.25) is 14.5 Å². The number of thiazole rings is 1. The molecule has 0 saturated carbocycles. The summed E-state index contributed by atoms with van der Waals surface area (Å²) in [5, 5.41) is 11.7. The number of ether oxygens (including phenoxy) is 1. The fourth-order valence-electron chi connectivity index (χ4n) is 4.29. The van der Waals surface area contributed by atoms with Gasteiger partial charge >= 0.3 is 5.91 Å². The summed E-state index contributed by atoms with van der Waals surface area (Å²) in [6.07, 6.45) is 0.889. The van der Waals surface area contributed by atoms with E-state index in [1.165, 1.54) is 21.8 Å². The average Bonchev–Trinajstić information content (AvgIpc) is 3.42. The third-order valence-electron chi connectivity index (χ3n) is 6.05. The van der Waals surface area contributed by atoms with E-state index < -0.39 is 17.7 Å². The summed E-state index contributed by atoms with van der Waals surface area (Å²) >= 11 is 1.37. The number of aromatic nitrogens is 1. The molecule has 35 heavy (non-hydrogen) atoms. The number of aryl methyl sites for hydroxylation is 1. The first-order chi connectivity index (χ1) is 17.0. The van der Waals surface area contributed by atoms with Crippen molar-refractivity contribution in [2.24, 2.45) is 0 Å². The molecule has 6 nitrogen and oxygen atoms in total. The minimum Gasteiger partial charge on any atom is -0.507 e. The minimum atomic E-state index is -0.797.